The van der Waals surface area contributed by atoms with Gasteiger partial charge in [0, 0.05) is 12.2 Å². The number of aryl methyl sites for hydroxylation is 1. The van der Waals surface area contributed by atoms with Crippen molar-refractivity contribution in [1.29, 1.82) is 0 Å². The molecule has 0 spiro atoms. The van der Waals surface area contributed by atoms with Gasteiger partial charge in [-0.05, 0) is 50.6 Å². The number of amides is 1. The maximum Gasteiger partial charge on any atom is 0.259 e. The highest BCUT2D eigenvalue weighted by molar-refractivity contribution is 7.89. The molecular weight excluding hydrogens is 333 g/mol. The second-order valence-electron chi connectivity index (χ2n) is 5.59. The fourth-order valence-electron chi connectivity index (χ4n) is 1.95. The average molecular weight is 351 g/mol. The molecular formula is C16H18FN3O3S. The number of pyridine rings is 1. The number of nitrogens with zero attached hydrogens (tertiary/aromatic N) is 1. The van der Waals surface area contributed by atoms with Crippen molar-refractivity contribution in [3.63, 3.8) is 0 Å². The highest BCUT2D eigenvalue weighted by atomic mass is 32.2. The van der Waals surface area contributed by atoms with Crippen molar-refractivity contribution in [3.05, 3.63) is 53.5 Å². The van der Waals surface area contributed by atoms with Gasteiger partial charge in [-0.15, -0.1) is 0 Å². The standard InChI is InChI=1S/C16H18FN3O3S/c1-10(2)20-24(22,23)12-5-6-14(17)13(8-12)16(21)19-15-7-4-11(3)9-18-15/h4-10,20H,1-3H3,(H,18,19,21). The summed E-state index contributed by atoms with van der Waals surface area (Å²) in [4.78, 5) is 16.0. The van der Waals surface area contributed by atoms with Gasteiger partial charge in [0.1, 0.15) is 11.6 Å². The molecule has 0 atom stereocenters. The van der Waals surface area contributed by atoms with Crippen molar-refractivity contribution in [1.82, 2.24) is 9.71 Å². The number of rotatable bonds is 5. The van der Waals surface area contributed by atoms with Crippen LogP contribution in [0.5, 0.6) is 0 Å². The molecule has 0 saturated heterocycles. The van der Waals surface area contributed by atoms with E-state index in [0.717, 1.165) is 23.8 Å². The first-order chi connectivity index (χ1) is 11.2. The molecule has 0 aliphatic rings. The number of carbonyl (C=O) groups is 1. The molecule has 0 fully saturated rings. The lowest BCUT2D eigenvalue weighted by Gasteiger charge is -2.11. The van der Waals surface area contributed by atoms with Gasteiger partial charge in [0.25, 0.3) is 5.91 Å². The van der Waals surface area contributed by atoms with Crippen LogP contribution in [0.2, 0.25) is 0 Å². The van der Waals surface area contributed by atoms with Crippen LogP contribution < -0.4 is 10.0 Å². The van der Waals surface area contributed by atoms with Gasteiger partial charge in [-0.3, -0.25) is 4.79 Å². The van der Waals surface area contributed by atoms with E-state index in [0.29, 0.717) is 0 Å². The molecule has 0 radical (unpaired) electrons. The molecule has 2 aromatic rings. The van der Waals surface area contributed by atoms with Crippen LogP contribution in [-0.4, -0.2) is 25.4 Å². The first kappa shape index (κ1) is 18.0. The Morgan fingerprint density at radius 3 is 2.50 bits per heavy atom. The Morgan fingerprint density at radius 1 is 1.21 bits per heavy atom. The number of sulfonamides is 1. The van der Waals surface area contributed by atoms with Gasteiger partial charge in [-0.25, -0.2) is 22.5 Å². The van der Waals surface area contributed by atoms with E-state index >= 15 is 0 Å². The second-order valence-corrected chi connectivity index (χ2v) is 7.31. The van der Waals surface area contributed by atoms with E-state index < -0.39 is 21.7 Å². The Labute approximate surface area is 140 Å². The normalized spacial score (nSPS) is 11.5. The Balaban J connectivity index is 2.31. The molecule has 0 aliphatic heterocycles. The summed E-state index contributed by atoms with van der Waals surface area (Å²) in [5.74, 6) is -1.34. The Kier molecular flexibility index (Phi) is 5.30. The number of nitrogens with one attached hydrogen (secondary N) is 2. The zero-order chi connectivity index (χ0) is 17.9. The lowest BCUT2D eigenvalue weighted by atomic mass is 10.2. The van der Waals surface area contributed by atoms with E-state index in [9.17, 15) is 17.6 Å². The number of halogens is 1. The molecule has 24 heavy (non-hydrogen) atoms. The van der Waals surface area contributed by atoms with Gasteiger partial charge < -0.3 is 5.32 Å². The third-order valence-corrected chi connectivity index (χ3v) is 4.69. The molecule has 0 saturated carbocycles. The summed E-state index contributed by atoms with van der Waals surface area (Å²) in [5, 5.41) is 2.44. The average Bonchev–Trinajstić information content (AvgIpc) is 2.48. The summed E-state index contributed by atoms with van der Waals surface area (Å²) in [7, 11) is -3.82. The summed E-state index contributed by atoms with van der Waals surface area (Å²) in [6.07, 6.45) is 1.55. The van der Waals surface area contributed by atoms with Crippen LogP contribution in [0.25, 0.3) is 0 Å². The van der Waals surface area contributed by atoms with Gasteiger partial charge in [-0.1, -0.05) is 6.07 Å². The highest BCUT2D eigenvalue weighted by Gasteiger charge is 2.20. The van der Waals surface area contributed by atoms with Crippen molar-refractivity contribution in [2.45, 2.75) is 31.7 Å². The molecule has 1 heterocycles. The number of hydrogen-bond donors (Lipinski definition) is 2. The van der Waals surface area contributed by atoms with Gasteiger partial charge in [0.15, 0.2) is 0 Å². The molecule has 1 aromatic heterocycles. The zero-order valence-electron chi connectivity index (χ0n) is 13.5. The molecule has 0 aliphatic carbocycles. The first-order valence-corrected chi connectivity index (χ1v) is 8.73. The van der Waals surface area contributed by atoms with Crippen LogP contribution in [0.1, 0.15) is 29.8 Å². The molecule has 0 bridgehead atoms. The maximum atomic E-state index is 13.9. The third kappa shape index (κ3) is 4.36. The monoisotopic (exact) mass is 351 g/mol. The van der Waals surface area contributed by atoms with Crippen molar-refractivity contribution in [2.75, 3.05) is 5.32 Å². The quantitative estimate of drug-likeness (QED) is 0.866. The van der Waals surface area contributed by atoms with Crippen LogP contribution in [-0.2, 0) is 10.0 Å². The summed E-state index contributed by atoms with van der Waals surface area (Å²) in [6.45, 7) is 5.17. The molecule has 0 unspecified atom stereocenters. The molecule has 6 nitrogen and oxygen atoms in total. The summed E-state index contributed by atoms with van der Waals surface area (Å²) < 4.78 is 40.6. The van der Waals surface area contributed by atoms with Gasteiger partial charge >= 0.3 is 0 Å². The molecule has 128 valence electrons. The Morgan fingerprint density at radius 2 is 1.92 bits per heavy atom. The minimum Gasteiger partial charge on any atom is -0.306 e. The van der Waals surface area contributed by atoms with Crippen LogP contribution in [0.4, 0.5) is 10.2 Å². The first-order valence-electron chi connectivity index (χ1n) is 7.25. The predicted octanol–water partition coefficient (Wildman–Crippen LogP) is 2.47. The van der Waals surface area contributed by atoms with Crippen LogP contribution >= 0.6 is 0 Å². The third-order valence-electron chi connectivity index (χ3n) is 3.04. The van der Waals surface area contributed by atoms with Crippen molar-refractivity contribution < 1.29 is 17.6 Å². The maximum absolute atomic E-state index is 13.9. The van der Waals surface area contributed by atoms with E-state index in [1.807, 2.05) is 6.92 Å². The summed E-state index contributed by atoms with van der Waals surface area (Å²) >= 11 is 0. The van der Waals surface area contributed by atoms with Crippen LogP contribution in [0.3, 0.4) is 0 Å². The fourth-order valence-corrected chi connectivity index (χ4v) is 3.23. The van der Waals surface area contributed by atoms with E-state index in [1.54, 1.807) is 32.2 Å². The van der Waals surface area contributed by atoms with Gasteiger partial charge in [0.05, 0.1) is 10.5 Å². The smallest absolute Gasteiger partial charge is 0.259 e. The van der Waals surface area contributed by atoms with Crippen molar-refractivity contribution >= 4 is 21.7 Å². The molecule has 2 rings (SSSR count). The molecule has 8 heteroatoms. The summed E-state index contributed by atoms with van der Waals surface area (Å²) in [5.41, 5.74) is 0.538. The van der Waals surface area contributed by atoms with Crippen LogP contribution in [0, 0.1) is 12.7 Å². The summed E-state index contributed by atoms with van der Waals surface area (Å²) in [6, 6.07) is 6.06. The molecule has 1 aromatic carbocycles. The van der Waals surface area contributed by atoms with E-state index in [2.05, 4.69) is 15.0 Å². The molecule has 1 amide bonds. The second kappa shape index (κ2) is 7.06. The number of aromatic nitrogens is 1. The van der Waals surface area contributed by atoms with Gasteiger partial charge in [-0.2, -0.15) is 0 Å². The minimum absolute atomic E-state index is 0.181. The fraction of sp³-hybridized carbons (Fsp3) is 0.250. The SMILES string of the molecule is Cc1ccc(NC(=O)c2cc(S(=O)(=O)NC(C)C)ccc2F)nc1. The highest BCUT2D eigenvalue weighted by Crippen LogP contribution is 2.17. The topological polar surface area (TPSA) is 88.2 Å². The number of carbonyl (C=O) groups excluding carboxylic acids is 1. The number of anilines is 1. The van der Waals surface area contributed by atoms with Crippen molar-refractivity contribution in [3.8, 4) is 0 Å². The molecule has 2 N–H and O–H groups in total. The van der Waals surface area contributed by atoms with E-state index in [4.69, 9.17) is 0 Å². The number of benzene rings is 1. The van der Waals surface area contributed by atoms with Gasteiger partial charge in [0.2, 0.25) is 10.0 Å². The lowest BCUT2D eigenvalue weighted by molar-refractivity contribution is 0.102. The van der Waals surface area contributed by atoms with Crippen molar-refractivity contribution in [2.24, 2.45) is 0 Å². The number of hydrogen-bond acceptors (Lipinski definition) is 4. The zero-order valence-corrected chi connectivity index (χ0v) is 14.3. The minimum atomic E-state index is -3.82. The Bertz CT molecular complexity index is 849. The van der Waals surface area contributed by atoms with Crippen LogP contribution in [0.15, 0.2) is 41.4 Å². The Hall–Kier alpha value is -2.32. The van der Waals surface area contributed by atoms with E-state index in [1.165, 1.54) is 0 Å². The predicted molar refractivity (Wildman–Crippen MR) is 88.8 cm³/mol. The van der Waals surface area contributed by atoms with E-state index in [-0.39, 0.29) is 22.3 Å². The largest absolute Gasteiger partial charge is 0.306 e. The lowest BCUT2D eigenvalue weighted by Crippen LogP contribution is -2.30.